The molecule has 2 N–H and O–H groups in total. The Morgan fingerprint density at radius 1 is 1.43 bits per heavy atom. The Morgan fingerprint density at radius 2 is 2.30 bits per heavy atom. The number of hydrogen-bond donors (Lipinski definition) is 2. The van der Waals surface area contributed by atoms with Crippen LogP contribution in [0.1, 0.15) is 18.6 Å². The van der Waals surface area contributed by atoms with Gasteiger partial charge in [-0.2, -0.15) is 15.5 Å². The lowest BCUT2D eigenvalue weighted by atomic mass is 10.1. The summed E-state index contributed by atoms with van der Waals surface area (Å²) in [5, 5.41) is 29.4. The largest absolute Gasteiger partial charge is 0.360 e. The number of nitrogens with one attached hydrogen (secondary N) is 2. The number of para-hydroxylation sites is 1. The van der Waals surface area contributed by atoms with E-state index in [0.29, 0.717) is 18.1 Å². The first-order valence-corrected chi connectivity index (χ1v) is 6.84. The molecule has 0 saturated heterocycles. The second-order valence-electron chi connectivity index (χ2n) is 4.46. The van der Waals surface area contributed by atoms with Crippen molar-refractivity contribution < 1.29 is 4.52 Å². The molecule has 0 spiro atoms. The molecule has 9 heteroatoms. The van der Waals surface area contributed by atoms with E-state index in [2.05, 4.69) is 36.1 Å². The van der Waals surface area contributed by atoms with Crippen LogP contribution in [0.2, 0.25) is 0 Å². The van der Waals surface area contributed by atoms with Crippen LogP contribution < -0.4 is 5.32 Å². The van der Waals surface area contributed by atoms with Crippen molar-refractivity contribution in [3.05, 3.63) is 42.1 Å². The molecule has 9 nitrogen and oxygen atoms in total. The van der Waals surface area contributed by atoms with Gasteiger partial charge in [-0.3, -0.25) is 0 Å². The first-order chi connectivity index (χ1) is 11.3. The predicted molar refractivity (Wildman–Crippen MR) is 80.5 cm³/mol. The number of allylic oxidation sites excluding steroid dienone is 1. The molecule has 0 unspecified atom stereocenters. The molecule has 0 bridgehead atoms. The highest BCUT2D eigenvalue weighted by Gasteiger charge is 2.12. The van der Waals surface area contributed by atoms with Gasteiger partial charge in [0.25, 0.3) is 5.89 Å². The molecular weight excluding hydrogens is 296 g/mol. The van der Waals surface area contributed by atoms with E-state index in [1.807, 2.05) is 37.3 Å². The van der Waals surface area contributed by atoms with Crippen LogP contribution >= 0.6 is 0 Å². The number of tetrazole rings is 1. The van der Waals surface area contributed by atoms with Crippen LogP contribution in [0.4, 0.5) is 5.69 Å². The molecule has 23 heavy (non-hydrogen) atoms. The van der Waals surface area contributed by atoms with Crippen LogP contribution in [0.15, 0.2) is 35.0 Å². The highest BCUT2D eigenvalue weighted by molar-refractivity contribution is 5.78. The van der Waals surface area contributed by atoms with E-state index < -0.39 is 0 Å². The molecule has 0 atom stereocenters. The Labute approximate surface area is 131 Å². The molecule has 0 aliphatic heterocycles. The van der Waals surface area contributed by atoms with Gasteiger partial charge in [0.1, 0.15) is 11.6 Å². The van der Waals surface area contributed by atoms with Crippen molar-refractivity contribution in [3.8, 4) is 17.5 Å². The van der Waals surface area contributed by atoms with E-state index in [-0.39, 0.29) is 11.4 Å². The third-order valence-corrected chi connectivity index (χ3v) is 3.02. The zero-order chi connectivity index (χ0) is 16.1. The predicted octanol–water partition coefficient (Wildman–Crippen LogP) is 1.79. The minimum atomic E-state index is 0.212. The Morgan fingerprint density at radius 3 is 3.00 bits per heavy atom. The van der Waals surface area contributed by atoms with Crippen molar-refractivity contribution in [2.24, 2.45) is 0 Å². The Balaban J connectivity index is 1.91. The summed E-state index contributed by atoms with van der Waals surface area (Å²) >= 11 is 0. The van der Waals surface area contributed by atoms with E-state index in [4.69, 9.17) is 4.52 Å². The van der Waals surface area contributed by atoms with E-state index in [0.717, 1.165) is 11.3 Å². The van der Waals surface area contributed by atoms with Crippen molar-refractivity contribution in [2.45, 2.75) is 13.3 Å². The smallest absolute Gasteiger partial charge is 0.260 e. The molecule has 1 aromatic carbocycles. The summed E-state index contributed by atoms with van der Waals surface area (Å²) in [7, 11) is 0. The first-order valence-electron chi connectivity index (χ1n) is 6.84. The number of nitrogens with zero attached hydrogens (tertiary/aromatic N) is 6. The molecule has 0 aliphatic carbocycles. The van der Waals surface area contributed by atoms with Gasteiger partial charge in [0.15, 0.2) is 5.82 Å². The zero-order valence-electron chi connectivity index (χ0n) is 12.2. The average Bonchev–Trinajstić information content (AvgIpc) is 3.27. The fraction of sp³-hybridized carbons (Fsp3) is 0.143. The van der Waals surface area contributed by atoms with Gasteiger partial charge >= 0.3 is 0 Å². The third-order valence-electron chi connectivity index (χ3n) is 3.02. The first kappa shape index (κ1) is 14.4. The van der Waals surface area contributed by atoms with E-state index >= 15 is 0 Å². The van der Waals surface area contributed by atoms with E-state index in [1.165, 1.54) is 6.20 Å². The topological polar surface area (TPSA) is 129 Å². The highest BCUT2D eigenvalue weighted by atomic mass is 16.5. The van der Waals surface area contributed by atoms with Crippen molar-refractivity contribution in [1.29, 1.82) is 5.26 Å². The summed E-state index contributed by atoms with van der Waals surface area (Å²) in [4.78, 5) is 4.31. The van der Waals surface area contributed by atoms with Crippen LogP contribution in [0.3, 0.4) is 0 Å². The number of aromatic amines is 1. The Bertz CT molecular complexity index is 859. The van der Waals surface area contributed by atoms with Gasteiger partial charge < -0.3 is 9.84 Å². The van der Waals surface area contributed by atoms with Crippen LogP contribution in [0.5, 0.6) is 0 Å². The second kappa shape index (κ2) is 6.48. The van der Waals surface area contributed by atoms with Gasteiger partial charge in [-0.15, -0.1) is 10.2 Å². The van der Waals surface area contributed by atoms with Gasteiger partial charge in [0.2, 0.25) is 5.82 Å². The van der Waals surface area contributed by atoms with Crippen molar-refractivity contribution in [2.75, 3.05) is 5.32 Å². The maximum Gasteiger partial charge on any atom is 0.260 e. The van der Waals surface area contributed by atoms with Gasteiger partial charge in [0.05, 0.1) is 11.3 Å². The average molecular weight is 308 g/mol. The lowest BCUT2D eigenvalue weighted by molar-refractivity contribution is 0.423. The fourth-order valence-electron chi connectivity index (χ4n) is 1.88. The molecule has 0 radical (unpaired) electrons. The highest BCUT2D eigenvalue weighted by Crippen LogP contribution is 2.26. The molecule has 0 aliphatic rings. The number of anilines is 1. The maximum absolute atomic E-state index is 9.18. The summed E-state index contributed by atoms with van der Waals surface area (Å²) in [5.41, 5.74) is 1.70. The molecule has 3 rings (SSSR count). The van der Waals surface area contributed by atoms with Gasteiger partial charge in [-0.25, -0.2) is 0 Å². The molecule has 3 aromatic rings. The van der Waals surface area contributed by atoms with E-state index in [1.54, 1.807) is 0 Å². The quantitative estimate of drug-likeness (QED) is 0.682. The van der Waals surface area contributed by atoms with Crippen LogP contribution in [-0.4, -0.2) is 30.8 Å². The molecule has 2 aromatic heterocycles. The lowest BCUT2D eigenvalue weighted by Gasteiger charge is -2.05. The standard InChI is InChI=1S/C14H12N8O/c1-2-12-17-14(23-20-12)10-5-3-4-6-11(10)16-8-9(7-15)13-18-21-22-19-13/h3-6,8,16H,2H2,1H3,(H,18,19,21,22). The number of aryl methyl sites for hydroxylation is 1. The second-order valence-corrected chi connectivity index (χ2v) is 4.46. The van der Waals surface area contributed by atoms with Crippen molar-refractivity contribution in [3.63, 3.8) is 0 Å². The number of rotatable bonds is 5. The van der Waals surface area contributed by atoms with Crippen LogP contribution in [0, 0.1) is 11.3 Å². The summed E-state index contributed by atoms with van der Waals surface area (Å²) in [6.07, 6.45) is 2.19. The lowest BCUT2D eigenvalue weighted by Crippen LogP contribution is -1.95. The number of aromatic nitrogens is 6. The fourth-order valence-corrected chi connectivity index (χ4v) is 1.88. The maximum atomic E-state index is 9.18. The molecule has 0 fully saturated rings. The van der Waals surface area contributed by atoms with Crippen LogP contribution in [0.25, 0.3) is 17.0 Å². The SMILES string of the molecule is CCc1noc(-c2ccccc2NC=C(C#N)c2nn[nH]n2)n1. The number of benzene rings is 1. The number of nitriles is 1. The van der Waals surface area contributed by atoms with Gasteiger partial charge in [-0.1, -0.05) is 24.2 Å². The summed E-state index contributed by atoms with van der Waals surface area (Å²) in [6, 6.07) is 9.42. The summed E-state index contributed by atoms with van der Waals surface area (Å²) in [6.45, 7) is 1.95. The number of H-pyrrole nitrogens is 1. The van der Waals surface area contributed by atoms with Gasteiger partial charge in [0, 0.05) is 12.6 Å². The summed E-state index contributed by atoms with van der Waals surface area (Å²) < 4.78 is 5.26. The minimum absolute atomic E-state index is 0.212. The number of hydrogen-bond acceptors (Lipinski definition) is 8. The molecule has 0 saturated carbocycles. The molecule has 2 heterocycles. The molecule has 0 amide bonds. The van der Waals surface area contributed by atoms with Crippen molar-refractivity contribution >= 4 is 11.3 Å². The molecule has 114 valence electrons. The van der Waals surface area contributed by atoms with E-state index in [9.17, 15) is 5.26 Å². The Kier molecular flexibility index (Phi) is 4.06. The Hall–Kier alpha value is -3.54. The van der Waals surface area contributed by atoms with Crippen LogP contribution in [-0.2, 0) is 6.42 Å². The van der Waals surface area contributed by atoms with Gasteiger partial charge in [-0.05, 0) is 17.3 Å². The monoisotopic (exact) mass is 308 g/mol. The van der Waals surface area contributed by atoms with Crippen molar-refractivity contribution in [1.82, 2.24) is 30.8 Å². The minimum Gasteiger partial charge on any atom is -0.360 e. The normalized spacial score (nSPS) is 11.2. The summed E-state index contributed by atoms with van der Waals surface area (Å²) in [5.74, 6) is 1.26. The zero-order valence-corrected chi connectivity index (χ0v) is 12.2. The third kappa shape index (κ3) is 3.06. The molecular formula is C14H12N8O.